The Morgan fingerprint density at radius 1 is 1.56 bits per heavy atom. The molecule has 1 saturated carbocycles. The highest BCUT2D eigenvalue weighted by atomic mass is 35.5. The molecule has 0 amide bonds. The molecule has 1 N–H and O–H groups in total. The third kappa shape index (κ3) is 2.70. The third-order valence-corrected chi connectivity index (χ3v) is 2.97. The van der Waals surface area contributed by atoms with Crippen molar-refractivity contribution < 1.29 is 14.8 Å². The van der Waals surface area contributed by atoms with Crippen LogP contribution in [-0.2, 0) is 4.79 Å². The topological polar surface area (TPSA) is 83.7 Å². The van der Waals surface area contributed by atoms with Gasteiger partial charge in [0.05, 0.1) is 4.92 Å². The van der Waals surface area contributed by atoms with Crippen molar-refractivity contribution in [3.8, 4) is 0 Å². The Hall–Kier alpha value is -1.82. The predicted octanol–water partition coefficient (Wildman–Crippen LogP) is 2.30. The van der Waals surface area contributed by atoms with E-state index in [-0.39, 0.29) is 23.3 Å². The zero-order chi connectivity index (χ0) is 13.3. The molecule has 0 bridgehead atoms. The van der Waals surface area contributed by atoms with E-state index in [0.717, 1.165) is 12.8 Å². The van der Waals surface area contributed by atoms with Crippen molar-refractivity contribution in [3.63, 3.8) is 0 Å². The third-order valence-electron chi connectivity index (χ3n) is 2.74. The van der Waals surface area contributed by atoms with Crippen LogP contribution in [-0.4, -0.2) is 28.6 Å². The number of halogens is 1. The van der Waals surface area contributed by atoms with Gasteiger partial charge >= 0.3 is 5.97 Å². The van der Waals surface area contributed by atoms with Crippen molar-refractivity contribution in [2.45, 2.75) is 18.9 Å². The van der Waals surface area contributed by atoms with Gasteiger partial charge < -0.3 is 10.0 Å². The highest BCUT2D eigenvalue weighted by molar-refractivity contribution is 6.30. The first-order valence-corrected chi connectivity index (χ1v) is 5.79. The van der Waals surface area contributed by atoms with Crippen molar-refractivity contribution in [3.05, 3.63) is 33.3 Å². The fraction of sp³-hybridized carbons (Fsp3) is 0.364. The molecule has 0 radical (unpaired) electrons. The molecule has 18 heavy (non-hydrogen) atoms. The van der Waals surface area contributed by atoms with E-state index in [1.807, 2.05) is 0 Å². The summed E-state index contributed by atoms with van der Waals surface area (Å²) in [5, 5.41) is 20.1. The molecule has 0 aliphatic heterocycles. The summed E-state index contributed by atoms with van der Waals surface area (Å²) in [5.41, 5.74) is 0.157. The molecule has 96 valence electrons. The van der Waals surface area contributed by atoms with Crippen LogP contribution in [0.5, 0.6) is 0 Å². The van der Waals surface area contributed by atoms with Gasteiger partial charge in [-0.1, -0.05) is 11.6 Å². The molecule has 1 fully saturated rings. The van der Waals surface area contributed by atoms with Crippen molar-refractivity contribution in [2.75, 3.05) is 11.4 Å². The van der Waals surface area contributed by atoms with Crippen LogP contribution in [0.15, 0.2) is 18.2 Å². The minimum absolute atomic E-state index is 0.0703. The van der Waals surface area contributed by atoms with Crippen LogP contribution in [0.1, 0.15) is 12.8 Å². The van der Waals surface area contributed by atoms with Gasteiger partial charge in [0.25, 0.3) is 5.69 Å². The second-order valence-corrected chi connectivity index (χ2v) is 4.58. The smallest absolute Gasteiger partial charge is 0.323 e. The summed E-state index contributed by atoms with van der Waals surface area (Å²) in [4.78, 5) is 22.8. The summed E-state index contributed by atoms with van der Waals surface area (Å²) in [6, 6.07) is 4.35. The lowest BCUT2D eigenvalue weighted by Gasteiger charge is -2.22. The molecule has 0 unspecified atom stereocenters. The lowest BCUT2D eigenvalue weighted by atomic mass is 10.2. The van der Waals surface area contributed by atoms with Gasteiger partial charge in [-0.3, -0.25) is 14.9 Å². The molecule has 1 aromatic carbocycles. The van der Waals surface area contributed by atoms with Crippen molar-refractivity contribution >= 4 is 28.9 Å². The maximum atomic E-state index is 11.0. The number of benzene rings is 1. The predicted molar refractivity (Wildman–Crippen MR) is 66.1 cm³/mol. The van der Waals surface area contributed by atoms with Gasteiger partial charge in [-0.15, -0.1) is 0 Å². The van der Waals surface area contributed by atoms with E-state index < -0.39 is 10.9 Å². The number of nitro groups is 1. The lowest BCUT2D eigenvalue weighted by Crippen LogP contribution is -2.32. The minimum atomic E-state index is -1.01. The summed E-state index contributed by atoms with van der Waals surface area (Å²) in [5.74, 6) is -1.01. The number of anilines is 1. The molecule has 0 spiro atoms. The van der Waals surface area contributed by atoms with Gasteiger partial charge in [0, 0.05) is 17.1 Å². The number of rotatable bonds is 5. The number of nitro benzene ring substituents is 1. The molecule has 0 heterocycles. The molecule has 1 aliphatic rings. The van der Waals surface area contributed by atoms with Crippen LogP contribution in [0.2, 0.25) is 5.02 Å². The van der Waals surface area contributed by atoms with Gasteiger partial charge in [-0.05, 0) is 25.0 Å². The Bertz CT molecular complexity index is 502. The Labute approximate surface area is 108 Å². The molecular formula is C11H11ClN2O4. The highest BCUT2D eigenvalue weighted by Crippen LogP contribution is 2.37. The zero-order valence-corrected chi connectivity index (χ0v) is 10.1. The molecule has 6 nitrogen and oxygen atoms in total. The summed E-state index contributed by atoms with van der Waals surface area (Å²) < 4.78 is 0. The summed E-state index contributed by atoms with van der Waals surface area (Å²) >= 11 is 5.73. The molecule has 2 rings (SSSR count). The SMILES string of the molecule is O=C(O)CN(c1ccc(Cl)cc1[N+](=O)[O-])C1CC1. The molecule has 0 aromatic heterocycles. The Balaban J connectivity index is 2.40. The second kappa shape index (κ2) is 4.81. The number of hydrogen-bond acceptors (Lipinski definition) is 4. The fourth-order valence-corrected chi connectivity index (χ4v) is 1.99. The molecule has 0 atom stereocenters. The van der Waals surface area contributed by atoms with Crippen LogP contribution in [0, 0.1) is 10.1 Å². The van der Waals surface area contributed by atoms with E-state index in [1.54, 1.807) is 4.90 Å². The minimum Gasteiger partial charge on any atom is -0.480 e. The quantitative estimate of drug-likeness (QED) is 0.655. The molecular weight excluding hydrogens is 260 g/mol. The second-order valence-electron chi connectivity index (χ2n) is 4.14. The van der Waals surface area contributed by atoms with Gasteiger partial charge in [0.1, 0.15) is 12.2 Å². The zero-order valence-electron chi connectivity index (χ0n) is 9.38. The summed E-state index contributed by atoms with van der Waals surface area (Å²) in [7, 11) is 0. The number of carbonyl (C=O) groups is 1. The number of nitrogens with zero attached hydrogens (tertiary/aromatic N) is 2. The van der Waals surface area contributed by atoms with Crippen LogP contribution in [0.25, 0.3) is 0 Å². The maximum absolute atomic E-state index is 11.0. The van der Waals surface area contributed by atoms with Crippen molar-refractivity contribution in [1.29, 1.82) is 0 Å². The maximum Gasteiger partial charge on any atom is 0.323 e. The summed E-state index contributed by atoms with van der Waals surface area (Å²) in [6.45, 7) is -0.243. The van der Waals surface area contributed by atoms with Crippen molar-refractivity contribution in [2.24, 2.45) is 0 Å². The van der Waals surface area contributed by atoms with Gasteiger partial charge in [-0.2, -0.15) is 0 Å². The van der Waals surface area contributed by atoms with Crippen molar-refractivity contribution in [1.82, 2.24) is 0 Å². The van der Waals surface area contributed by atoms with Crippen LogP contribution >= 0.6 is 11.6 Å². The van der Waals surface area contributed by atoms with E-state index in [1.165, 1.54) is 18.2 Å². The Morgan fingerprint density at radius 2 is 2.22 bits per heavy atom. The Kier molecular flexibility index (Phi) is 3.38. The monoisotopic (exact) mass is 270 g/mol. The van der Waals surface area contributed by atoms with Crippen LogP contribution < -0.4 is 4.90 Å². The first kappa shape index (κ1) is 12.6. The van der Waals surface area contributed by atoms with E-state index >= 15 is 0 Å². The van der Waals surface area contributed by atoms with Gasteiger partial charge in [0.2, 0.25) is 0 Å². The molecule has 7 heteroatoms. The fourth-order valence-electron chi connectivity index (χ4n) is 1.83. The lowest BCUT2D eigenvalue weighted by molar-refractivity contribution is -0.384. The van der Waals surface area contributed by atoms with Gasteiger partial charge in [-0.25, -0.2) is 0 Å². The van der Waals surface area contributed by atoms with Crippen LogP contribution in [0.3, 0.4) is 0 Å². The molecule has 0 saturated heterocycles. The van der Waals surface area contributed by atoms with Crippen LogP contribution in [0.4, 0.5) is 11.4 Å². The average Bonchev–Trinajstić information content (AvgIpc) is 3.09. The largest absolute Gasteiger partial charge is 0.480 e. The Morgan fingerprint density at radius 3 is 2.72 bits per heavy atom. The number of hydrogen-bond donors (Lipinski definition) is 1. The molecule has 1 aliphatic carbocycles. The normalized spacial score (nSPS) is 14.3. The standard InChI is InChI=1S/C11H11ClN2O4/c12-7-1-4-9(10(5-7)14(17)18)13(6-11(15)16)8-2-3-8/h1,4-5,8H,2-3,6H2,(H,15,16). The average molecular weight is 271 g/mol. The summed E-state index contributed by atoms with van der Waals surface area (Å²) in [6.07, 6.45) is 1.71. The van der Waals surface area contributed by atoms with E-state index in [0.29, 0.717) is 5.69 Å². The van der Waals surface area contributed by atoms with E-state index in [9.17, 15) is 14.9 Å². The molecule has 1 aromatic rings. The first-order valence-electron chi connectivity index (χ1n) is 5.41. The van der Waals surface area contributed by atoms with Gasteiger partial charge in [0.15, 0.2) is 0 Å². The number of aliphatic carboxylic acids is 1. The highest BCUT2D eigenvalue weighted by Gasteiger charge is 2.34. The van der Waals surface area contributed by atoms with E-state index in [2.05, 4.69) is 0 Å². The number of carboxylic acid groups (broad SMARTS) is 1. The first-order chi connectivity index (χ1) is 8.49. The van der Waals surface area contributed by atoms with E-state index in [4.69, 9.17) is 16.7 Å². The number of carboxylic acids is 1.